The Kier molecular flexibility index (Phi) is 4.39. The van der Waals surface area contributed by atoms with Crippen molar-refractivity contribution in [2.45, 2.75) is 39.7 Å². The molecule has 1 N–H and O–H groups in total. The fraction of sp³-hybridized carbons (Fsp3) is 0.429. The van der Waals surface area contributed by atoms with E-state index in [0.717, 1.165) is 35.9 Å². The van der Waals surface area contributed by atoms with Gasteiger partial charge in [-0.1, -0.05) is 13.8 Å². The molecule has 2 aromatic heterocycles. The van der Waals surface area contributed by atoms with Gasteiger partial charge in [0.05, 0.1) is 17.9 Å². The molecule has 0 fully saturated rings. The van der Waals surface area contributed by atoms with E-state index in [0.29, 0.717) is 0 Å². The predicted octanol–water partition coefficient (Wildman–Crippen LogP) is 2.56. The molecule has 5 heteroatoms. The predicted molar refractivity (Wildman–Crippen MR) is 74.9 cm³/mol. The molecule has 2 rings (SSSR count). The van der Waals surface area contributed by atoms with Crippen LogP contribution in [0.3, 0.4) is 0 Å². The van der Waals surface area contributed by atoms with Gasteiger partial charge in [0, 0.05) is 30.6 Å². The van der Waals surface area contributed by atoms with Gasteiger partial charge in [-0.3, -0.25) is 9.97 Å². The van der Waals surface area contributed by atoms with Crippen molar-refractivity contribution in [2.24, 2.45) is 0 Å². The van der Waals surface area contributed by atoms with Crippen LogP contribution in [0.25, 0.3) is 0 Å². The molecule has 0 amide bonds. The largest absolute Gasteiger partial charge is 0.362 e. The van der Waals surface area contributed by atoms with E-state index < -0.39 is 0 Å². The second kappa shape index (κ2) is 6.22. The van der Waals surface area contributed by atoms with E-state index >= 15 is 0 Å². The van der Waals surface area contributed by atoms with Crippen molar-refractivity contribution < 1.29 is 0 Å². The topological polar surface area (TPSA) is 63.6 Å². The first-order valence-corrected chi connectivity index (χ1v) is 6.62. The van der Waals surface area contributed by atoms with E-state index in [-0.39, 0.29) is 6.04 Å². The molecule has 2 heterocycles. The third kappa shape index (κ3) is 3.47. The second-order valence-electron chi connectivity index (χ2n) is 4.36. The van der Waals surface area contributed by atoms with Gasteiger partial charge in [0.2, 0.25) is 0 Å². The van der Waals surface area contributed by atoms with Gasteiger partial charge in [-0.25, -0.2) is 9.97 Å². The number of hydrogen-bond acceptors (Lipinski definition) is 5. The SMILES string of the molecule is CCc1cc(N[C@@H](C)c2cnccn2)nc(CC)n1. The summed E-state index contributed by atoms with van der Waals surface area (Å²) in [4.78, 5) is 17.3. The summed E-state index contributed by atoms with van der Waals surface area (Å²) >= 11 is 0. The van der Waals surface area contributed by atoms with Gasteiger partial charge in [-0.05, 0) is 13.3 Å². The number of aryl methyl sites for hydroxylation is 2. The number of rotatable bonds is 5. The van der Waals surface area contributed by atoms with Gasteiger partial charge < -0.3 is 5.32 Å². The molecule has 5 nitrogen and oxygen atoms in total. The van der Waals surface area contributed by atoms with Crippen LogP contribution in [-0.2, 0) is 12.8 Å². The van der Waals surface area contributed by atoms with Gasteiger partial charge in [-0.2, -0.15) is 0 Å². The average molecular weight is 257 g/mol. The molecule has 19 heavy (non-hydrogen) atoms. The maximum Gasteiger partial charge on any atom is 0.130 e. The van der Waals surface area contributed by atoms with Crippen LogP contribution in [0.1, 0.15) is 44.0 Å². The van der Waals surface area contributed by atoms with Crippen LogP contribution in [0, 0.1) is 0 Å². The fourth-order valence-electron chi connectivity index (χ4n) is 1.80. The Morgan fingerprint density at radius 2 is 2.00 bits per heavy atom. The minimum absolute atomic E-state index is 0.0676. The van der Waals surface area contributed by atoms with Crippen molar-refractivity contribution in [2.75, 3.05) is 5.32 Å². The Bertz CT molecular complexity index is 504. The molecule has 0 spiro atoms. The third-order valence-corrected chi connectivity index (χ3v) is 2.90. The van der Waals surface area contributed by atoms with Crippen LogP contribution >= 0.6 is 0 Å². The highest BCUT2D eigenvalue weighted by Gasteiger charge is 2.09. The highest BCUT2D eigenvalue weighted by Crippen LogP contribution is 2.16. The second-order valence-corrected chi connectivity index (χ2v) is 4.36. The first-order chi connectivity index (χ1) is 9.22. The molecule has 0 aliphatic carbocycles. The molecule has 100 valence electrons. The molecule has 0 saturated carbocycles. The molecule has 2 aromatic rings. The maximum absolute atomic E-state index is 4.49. The number of anilines is 1. The molecule has 0 aromatic carbocycles. The van der Waals surface area contributed by atoms with Gasteiger partial charge in [0.1, 0.15) is 11.6 Å². The molecule has 0 aliphatic heterocycles. The van der Waals surface area contributed by atoms with Crippen molar-refractivity contribution in [3.05, 3.63) is 41.9 Å². The summed E-state index contributed by atoms with van der Waals surface area (Å²) in [6.07, 6.45) is 6.87. The van der Waals surface area contributed by atoms with Gasteiger partial charge in [0.25, 0.3) is 0 Å². The molecular weight excluding hydrogens is 238 g/mol. The Balaban J connectivity index is 2.18. The van der Waals surface area contributed by atoms with Crippen LogP contribution < -0.4 is 5.32 Å². The van der Waals surface area contributed by atoms with Gasteiger partial charge >= 0.3 is 0 Å². The quantitative estimate of drug-likeness (QED) is 0.891. The lowest BCUT2D eigenvalue weighted by atomic mass is 10.2. The summed E-state index contributed by atoms with van der Waals surface area (Å²) in [6.45, 7) is 6.20. The number of hydrogen-bond donors (Lipinski definition) is 1. The van der Waals surface area contributed by atoms with Crippen LogP contribution in [0.2, 0.25) is 0 Å². The standard InChI is InChI=1S/C14H19N5/c1-4-11-8-14(19-13(5-2)18-11)17-10(3)12-9-15-6-7-16-12/h6-10H,4-5H2,1-3H3,(H,17,18,19)/t10-/m0/s1. The Morgan fingerprint density at radius 3 is 2.63 bits per heavy atom. The van der Waals surface area contributed by atoms with Crippen LogP contribution in [0.15, 0.2) is 24.7 Å². The zero-order chi connectivity index (χ0) is 13.7. The van der Waals surface area contributed by atoms with Crippen LogP contribution in [-0.4, -0.2) is 19.9 Å². The van der Waals surface area contributed by atoms with E-state index in [1.54, 1.807) is 18.6 Å². The van der Waals surface area contributed by atoms with Crippen LogP contribution in [0.4, 0.5) is 5.82 Å². The zero-order valence-corrected chi connectivity index (χ0v) is 11.6. The molecule has 0 unspecified atom stereocenters. The molecule has 1 atom stereocenters. The third-order valence-electron chi connectivity index (χ3n) is 2.90. The molecule has 0 aliphatic rings. The van der Waals surface area contributed by atoms with Crippen molar-refractivity contribution in [1.29, 1.82) is 0 Å². The lowest BCUT2D eigenvalue weighted by Crippen LogP contribution is -2.11. The summed E-state index contributed by atoms with van der Waals surface area (Å²) in [6, 6.07) is 2.06. The summed E-state index contributed by atoms with van der Waals surface area (Å²) in [7, 11) is 0. The summed E-state index contributed by atoms with van der Waals surface area (Å²) in [5.74, 6) is 1.72. The van der Waals surface area contributed by atoms with E-state index in [1.165, 1.54) is 0 Å². The van der Waals surface area contributed by atoms with Crippen molar-refractivity contribution in [3.63, 3.8) is 0 Å². The van der Waals surface area contributed by atoms with E-state index in [9.17, 15) is 0 Å². The smallest absolute Gasteiger partial charge is 0.130 e. The Morgan fingerprint density at radius 1 is 1.16 bits per heavy atom. The monoisotopic (exact) mass is 257 g/mol. The van der Waals surface area contributed by atoms with Crippen molar-refractivity contribution >= 4 is 5.82 Å². The minimum atomic E-state index is 0.0676. The first kappa shape index (κ1) is 13.4. The van der Waals surface area contributed by atoms with E-state index in [2.05, 4.69) is 39.1 Å². The fourth-order valence-corrected chi connectivity index (χ4v) is 1.80. The van der Waals surface area contributed by atoms with Crippen molar-refractivity contribution in [1.82, 2.24) is 19.9 Å². The first-order valence-electron chi connectivity index (χ1n) is 6.62. The summed E-state index contributed by atoms with van der Waals surface area (Å²) < 4.78 is 0. The van der Waals surface area contributed by atoms with E-state index in [4.69, 9.17) is 0 Å². The summed E-state index contributed by atoms with van der Waals surface area (Å²) in [5, 5.41) is 3.35. The number of aromatic nitrogens is 4. The Labute approximate surface area is 113 Å². The lowest BCUT2D eigenvalue weighted by Gasteiger charge is -2.14. The van der Waals surface area contributed by atoms with Gasteiger partial charge in [0.15, 0.2) is 0 Å². The van der Waals surface area contributed by atoms with E-state index in [1.807, 2.05) is 13.0 Å². The highest BCUT2D eigenvalue weighted by molar-refractivity contribution is 5.38. The highest BCUT2D eigenvalue weighted by atomic mass is 15.1. The number of nitrogens with zero attached hydrogens (tertiary/aromatic N) is 4. The Hall–Kier alpha value is -2.04. The average Bonchev–Trinajstić information content (AvgIpc) is 2.47. The molecule has 0 bridgehead atoms. The van der Waals surface area contributed by atoms with Crippen LogP contribution in [0.5, 0.6) is 0 Å². The maximum atomic E-state index is 4.49. The molecule has 0 radical (unpaired) electrons. The normalized spacial score (nSPS) is 12.2. The number of nitrogens with one attached hydrogen (secondary N) is 1. The van der Waals surface area contributed by atoms with Gasteiger partial charge in [-0.15, -0.1) is 0 Å². The zero-order valence-electron chi connectivity index (χ0n) is 11.6. The lowest BCUT2D eigenvalue weighted by molar-refractivity contribution is 0.807. The molecular formula is C14H19N5. The van der Waals surface area contributed by atoms with Crippen molar-refractivity contribution in [3.8, 4) is 0 Å². The summed E-state index contributed by atoms with van der Waals surface area (Å²) in [5.41, 5.74) is 1.96. The minimum Gasteiger partial charge on any atom is -0.362 e. The molecule has 0 saturated heterocycles.